The van der Waals surface area contributed by atoms with Gasteiger partial charge < -0.3 is 5.32 Å². The molecular formula is C15H30N2. The van der Waals surface area contributed by atoms with E-state index in [1.807, 2.05) is 0 Å². The van der Waals surface area contributed by atoms with Crippen LogP contribution in [0, 0.1) is 0 Å². The lowest BCUT2D eigenvalue weighted by atomic mass is 10.1. The molecule has 100 valence electrons. The Bertz CT molecular complexity index is 211. The Morgan fingerprint density at radius 3 is 2.71 bits per heavy atom. The van der Waals surface area contributed by atoms with Crippen LogP contribution in [0.15, 0.2) is 11.6 Å². The zero-order chi connectivity index (χ0) is 12.3. The second-order valence-electron chi connectivity index (χ2n) is 5.27. The van der Waals surface area contributed by atoms with E-state index in [1.165, 1.54) is 71.2 Å². The Labute approximate surface area is 107 Å². The van der Waals surface area contributed by atoms with Gasteiger partial charge in [0, 0.05) is 13.1 Å². The molecule has 17 heavy (non-hydrogen) atoms. The first-order valence-electron chi connectivity index (χ1n) is 7.41. The van der Waals surface area contributed by atoms with Gasteiger partial charge in [0.2, 0.25) is 0 Å². The summed E-state index contributed by atoms with van der Waals surface area (Å²) in [5.41, 5.74) is 1.57. The van der Waals surface area contributed by atoms with Gasteiger partial charge in [-0.05, 0) is 52.2 Å². The van der Waals surface area contributed by atoms with E-state index in [2.05, 4.69) is 30.1 Å². The van der Waals surface area contributed by atoms with Crippen LogP contribution in [0.1, 0.15) is 52.4 Å². The smallest absolute Gasteiger partial charge is 0.0165 e. The van der Waals surface area contributed by atoms with Gasteiger partial charge in [-0.25, -0.2) is 0 Å². The highest BCUT2D eigenvalue weighted by Gasteiger charge is 2.07. The molecule has 1 aliphatic rings. The van der Waals surface area contributed by atoms with Crippen LogP contribution in [0.5, 0.6) is 0 Å². The molecule has 0 spiro atoms. The first kappa shape index (κ1) is 14.7. The third kappa shape index (κ3) is 7.56. The molecule has 2 heteroatoms. The molecule has 1 heterocycles. The molecular weight excluding hydrogens is 208 g/mol. The standard InChI is InChI=1S/C15H30N2/c1-3-10-16-11-6-4-5-7-12-17-13-8-15(2)9-14-17/h8,16H,3-7,9-14H2,1-2H3. The molecule has 0 aliphatic carbocycles. The van der Waals surface area contributed by atoms with Crippen LogP contribution in [0.3, 0.4) is 0 Å². The van der Waals surface area contributed by atoms with Gasteiger partial charge in [0.15, 0.2) is 0 Å². The van der Waals surface area contributed by atoms with Crippen molar-refractivity contribution in [2.24, 2.45) is 0 Å². The molecule has 0 saturated heterocycles. The highest BCUT2D eigenvalue weighted by molar-refractivity contribution is 5.03. The number of nitrogens with zero attached hydrogens (tertiary/aromatic N) is 1. The van der Waals surface area contributed by atoms with Gasteiger partial charge in [-0.15, -0.1) is 0 Å². The van der Waals surface area contributed by atoms with E-state index < -0.39 is 0 Å². The summed E-state index contributed by atoms with van der Waals surface area (Å²) >= 11 is 0. The van der Waals surface area contributed by atoms with Crippen LogP contribution in [0.2, 0.25) is 0 Å². The largest absolute Gasteiger partial charge is 0.317 e. The maximum atomic E-state index is 3.46. The average Bonchev–Trinajstić information content (AvgIpc) is 2.35. The monoisotopic (exact) mass is 238 g/mol. The second-order valence-corrected chi connectivity index (χ2v) is 5.27. The summed E-state index contributed by atoms with van der Waals surface area (Å²) < 4.78 is 0. The third-order valence-corrected chi connectivity index (χ3v) is 3.52. The zero-order valence-electron chi connectivity index (χ0n) is 11.8. The Balaban J connectivity index is 1.84. The predicted octanol–water partition coefficient (Wildman–Crippen LogP) is 3.20. The molecule has 1 aliphatic heterocycles. The van der Waals surface area contributed by atoms with E-state index >= 15 is 0 Å². The number of rotatable bonds is 9. The Kier molecular flexibility index (Phi) is 8.37. The van der Waals surface area contributed by atoms with Gasteiger partial charge in [0.1, 0.15) is 0 Å². The molecule has 0 aromatic carbocycles. The average molecular weight is 238 g/mol. The Hall–Kier alpha value is -0.340. The van der Waals surface area contributed by atoms with Gasteiger partial charge in [-0.2, -0.15) is 0 Å². The molecule has 1 rings (SSSR count). The maximum Gasteiger partial charge on any atom is 0.0165 e. The van der Waals surface area contributed by atoms with Crippen molar-refractivity contribution in [2.75, 3.05) is 32.7 Å². The van der Waals surface area contributed by atoms with Crippen molar-refractivity contribution in [1.29, 1.82) is 0 Å². The number of nitrogens with one attached hydrogen (secondary N) is 1. The summed E-state index contributed by atoms with van der Waals surface area (Å²) in [7, 11) is 0. The van der Waals surface area contributed by atoms with E-state index in [0.717, 1.165) is 0 Å². The fourth-order valence-electron chi connectivity index (χ4n) is 2.26. The van der Waals surface area contributed by atoms with Crippen molar-refractivity contribution in [1.82, 2.24) is 10.2 Å². The van der Waals surface area contributed by atoms with Crippen molar-refractivity contribution in [2.45, 2.75) is 52.4 Å². The molecule has 0 fully saturated rings. The number of unbranched alkanes of at least 4 members (excludes halogenated alkanes) is 3. The Morgan fingerprint density at radius 1 is 1.18 bits per heavy atom. The topological polar surface area (TPSA) is 15.3 Å². The van der Waals surface area contributed by atoms with Gasteiger partial charge in [0.05, 0.1) is 0 Å². The minimum absolute atomic E-state index is 1.18. The molecule has 1 N–H and O–H groups in total. The normalized spacial score (nSPS) is 17.2. The maximum absolute atomic E-state index is 3.46. The lowest BCUT2D eigenvalue weighted by Crippen LogP contribution is -2.29. The van der Waals surface area contributed by atoms with Crippen molar-refractivity contribution < 1.29 is 0 Å². The molecule has 0 bridgehead atoms. The molecule has 2 nitrogen and oxygen atoms in total. The molecule has 0 saturated carbocycles. The first-order valence-corrected chi connectivity index (χ1v) is 7.41. The first-order chi connectivity index (χ1) is 8.33. The van der Waals surface area contributed by atoms with Crippen LogP contribution in [0.25, 0.3) is 0 Å². The molecule has 0 amide bonds. The third-order valence-electron chi connectivity index (χ3n) is 3.52. The van der Waals surface area contributed by atoms with Crippen molar-refractivity contribution in [3.63, 3.8) is 0 Å². The van der Waals surface area contributed by atoms with E-state index in [0.29, 0.717) is 0 Å². The molecule has 0 radical (unpaired) electrons. The summed E-state index contributed by atoms with van der Waals surface area (Å²) in [6.45, 7) is 10.6. The Morgan fingerprint density at radius 2 is 2.00 bits per heavy atom. The van der Waals surface area contributed by atoms with Gasteiger partial charge in [0.25, 0.3) is 0 Å². The minimum atomic E-state index is 1.18. The number of hydrogen-bond donors (Lipinski definition) is 1. The summed E-state index contributed by atoms with van der Waals surface area (Å²) in [6.07, 6.45) is 10.4. The summed E-state index contributed by atoms with van der Waals surface area (Å²) in [5, 5.41) is 3.46. The van der Waals surface area contributed by atoms with E-state index in [9.17, 15) is 0 Å². The lowest BCUT2D eigenvalue weighted by molar-refractivity contribution is 0.286. The zero-order valence-corrected chi connectivity index (χ0v) is 11.8. The summed E-state index contributed by atoms with van der Waals surface area (Å²) in [4.78, 5) is 2.59. The van der Waals surface area contributed by atoms with Crippen LogP contribution < -0.4 is 5.32 Å². The van der Waals surface area contributed by atoms with E-state index in [1.54, 1.807) is 5.57 Å². The van der Waals surface area contributed by atoms with Crippen molar-refractivity contribution in [3.05, 3.63) is 11.6 Å². The van der Waals surface area contributed by atoms with Crippen LogP contribution in [0.4, 0.5) is 0 Å². The van der Waals surface area contributed by atoms with Gasteiger partial charge in [-0.1, -0.05) is 31.4 Å². The summed E-state index contributed by atoms with van der Waals surface area (Å²) in [5.74, 6) is 0. The van der Waals surface area contributed by atoms with Gasteiger partial charge in [-0.3, -0.25) is 4.90 Å². The highest BCUT2D eigenvalue weighted by atomic mass is 15.1. The summed E-state index contributed by atoms with van der Waals surface area (Å²) in [6, 6.07) is 0. The quantitative estimate of drug-likeness (QED) is 0.490. The molecule has 0 atom stereocenters. The number of hydrogen-bond acceptors (Lipinski definition) is 2. The van der Waals surface area contributed by atoms with Crippen LogP contribution in [-0.4, -0.2) is 37.6 Å². The fraction of sp³-hybridized carbons (Fsp3) is 0.867. The van der Waals surface area contributed by atoms with Crippen molar-refractivity contribution >= 4 is 0 Å². The van der Waals surface area contributed by atoms with E-state index in [-0.39, 0.29) is 0 Å². The van der Waals surface area contributed by atoms with Gasteiger partial charge >= 0.3 is 0 Å². The lowest BCUT2D eigenvalue weighted by Gasteiger charge is -2.25. The molecule has 0 unspecified atom stereocenters. The molecule has 0 aromatic heterocycles. The second kappa shape index (κ2) is 9.67. The fourth-order valence-corrected chi connectivity index (χ4v) is 2.26. The molecule has 0 aromatic rings. The predicted molar refractivity (Wildman–Crippen MR) is 76.4 cm³/mol. The van der Waals surface area contributed by atoms with E-state index in [4.69, 9.17) is 0 Å². The highest BCUT2D eigenvalue weighted by Crippen LogP contribution is 2.10. The van der Waals surface area contributed by atoms with Crippen LogP contribution >= 0.6 is 0 Å². The minimum Gasteiger partial charge on any atom is -0.317 e. The van der Waals surface area contributed by atoms with Crippen LogP contribution in [-0.2, 0) is 0 Å². The SMILES string of the molecule is CCCNCCCCCCN1CC=C(C)CC1. The van der Waals surface area contributed by atoms with Crippen molar-refractivity contribution in [3.8, 4) is 0 Å².